The minimum absolute atomic E-state index is 0.246. The first-order valence-corrected chi connectivity index (χ1v) is 17.8. The normalized spacial score (nSPS) is 25.2. The van der Waals surface area contributed by atoms with E-state index >= 15 is 0 Å². The van der Waals surface area contributed by atoms with Crippen molar-refractivity contribution < 1.29 is 22.7 Å². The number of hydrogen-bond donors (Lipinski definition) is 0. The minimum atomic E-state index is -3.42. The van der Waals surface area contributed by atoms with E-state index in [4.69, 9.17) is 20.3 Å². The van der Waals surface area contributed by atoms with Gasteiger partial charge in [0.1, 0.15) is 6.10 Å². The highest BCUT2D eigenvalue weighted by Crippen LogP contribution is 2.64. The fourth-order valence-corrected chi connectivity index (χ4v) is 3.35. The first-order chi connectivity index (χ1) is 11.4. The number of hydrogen-bond acceptors (Lipinski definition) is 5. The van der Waals surface area contributed by atoms with Gasteiger partial charge in [0.2, 0.25) is 0 Å². The van der Waals surface area contributed by atoms with Crippen LogP contribution in [0.3, 0.4) is 0 Å². The van der Waals surface area contributed by atoms with Gasteiger partial charge in [0.15, 0.2) is 0 Å². The average Bonchev–Trinajstić information content (AvgIpc) is 2.39. The molecule has 1 aromatic carbocycles. The van der Waals surface area contributed by atoms with Crippen LogP contribution in [0.5, 0.6) is 0 Å². The fourth-order valence-electron chi connectivity index (χ4n) is 1.76. The Kier molecular flexibility index (Phi) is 12.1. The molecule has 1 aromatic rings. The van der Waals surface area contributed by atoms with Crippen molar-refractivity contribution in [3.63, 3.8) is 0 Å². The predicted octanol–water partition coefficient (Wildman–Crippen LogP) is 9.77. The zero-order valence-electron chi connectivity index (χ0n) is 13.2. The SMILES string of the molecule is CC1(C)CO[P@](=O)(Cl)OC1c1ccccc1.O=P(Cl)(Cl)Cl.O=P(Cl)(Cl)Cl. The Bertz CT molecular complexity index is 669. The highest BCUT2D eigenvalue weighted by atomic mass is 36.1. The van der Waals surface area contributed by atoms with Crippen LogP contribution >= 0.6 is 96.0 Å². The van der Waals surface area contributed by atoms with Crippen LogP contribution in [0.4, 0.5) is 0 Å². The molecule has 0 bridgehead atoms. The van der Waals surface area contributed by atoms with Crippen molar-refractivity contribution in [2.24, 2.45) is 5.41 Å². The monoisotopic (exact) mass is 564 g/mol. The Labute approximate surface area is 185 Å². The lowest BCUT2D eigenvalue weighted by molar-refractivity contribution is -0.0203. The van der Waals surface area contributed by atoms with E-state index in [1.54, 1.807) is 0 Å². The summed E-state index contributed by atoms with van der Waals surface area (Å²) in [6.45, 7) is 0.912. The molecule has 0 aliphatic carbocycles. The number of benzene rings is 1. The largest absolute Gasteiger partial charge is 0.424 e. The van der Waals surface area contributed by atoms with Gasteiger partial charge in [-0.3, -0.25) is 18.2 Å². The quantitative estimate of drug-likeness (QED) is 0.316. The average molecular weight is 567 g/mol. The van der Waals surface area contributed by atoms with Crippen molar-refractivity contribution in [1.29, 1.82) is 0 Å². The van der Waals surface area contributed by atoms with Gasteiger partial charge in [-0.2, -0.15) is 0 Å². The van der Waals surface area contributed by atoms with Crippen LogP contribution in [0.15, 0.2) is 30.3 Å². The second-order valence-electron chi connectivity index (χ2n) is 5.39. The summed E-state index contributed by atoms with van der Waals surface area (Å²) in [7, 11) is 0. The third-order valence-corrected chi connectivity index (χ3v) is 4.07. The Hall–Kier alpha value is 1.86. The summed E-state index contributed by atoms with van der Waals surface area (Å²) in [5, 5.41) is -6.44. The highest BCUT2D eigenvalue weighted by molar-refractivity contribution is 8.25. The maximum absolute atomic E-state index is 11.6. The summed E-state index contributed by atoms with van der Waals surface area (Å²) in [4.78, 5) is 0. The van der Waals surface area contributed by atoms with Gasteiger partial charge in [-0.1, -0.05) is 44.2 Å². The summed E-state index contributed by atoms with van der Waals surface area (Å²) < 4.78 is 41.1. The van der Waals surface area contributed by atoms with E-state index in [0.717, 1.165) is 5.56 Å². The minimum Gasteiger partial charge on any atom is -0.296 e. The smallest absolute Gasteiger partial charge is 0.296 e. The Morgan fingerprint density at radius 2 is 1.38 bits per heavy atom. The fraction of sp³-hybridized carbons (Fsp3) is 0.455. The molecule has 1 unspecified atom stereocenters. The van der Waals surface area contributed by atoms with Crippen LogP contribution < -0.4 is 0 Å². The molecule has 1 saturated heterocycles. The van der Waals surface area contributed by atoms with Crippen LogP contribution in [0.2, 0.25) is 0 Å². The summed E-state index contributed by atoms with van der Waals surface area (Å²) >= 11 is 33.4. The zero-order chi connectivity index (χ0) is 20.8. The zero-order valence-corrected chi connectivity index (χ0v) is 21.2. The molecule has 0 aromatic heterocycles. The van der Waals surface area contributed by atoms with E-state index in [1.807, 2.05) is 44.2 Å². The molecule has 26 heavy (non-hydrogen) atoms. The molecule has 2 atom stereocenters. The third-order valence-electron chi connectivity index (χ3n) is 2.63. The van der Waals surface area contributed by atoms with Gasteiger partial charge in [0, 0.05) is 16.7 Å². The molecule has 1 aliphatic rings. The molecule has 2 rings (SSSR count). The van der Waals surface area contributed by atoms with Gasteiger partial charge in [0.05, 0.1) is 6.61 Å². The Morgan fingerprint density at radius 3 is 1.77 bits per heavy atom. The molecule has 1 heterocycles. The van der Waals surface area contributed by atoms with Gasteiger partial charge >= 0.3 is 17.3 Å². The standard InChI is InChI=1S/C11H14ClO3P.2Cl3OP/c1-11(2)8-14-16(12,13)15-10(11)9-6-4-3-5-7-9;2*1-5(2,3)4/h3-7,10H,8H2,1-2H3;;/t10?,16-;;/m1../s1. The van der Waals surface area contributed by atoms with Gasteiger partial charge in [0.25, 0.3) is 0 Å². The second kappa shape index (κ2) is 11.3. The molecule has 5 nitrogen and oxygen atoms in total. The number of halogens is 7. The molecule has 0 radical (unpaired) electrons. The van der Waals surface area contributed by atoms with Gasteiger partial charge in [-0.25, -0.2) is 4.57 Å². The van der Waals surface area contributed by atoms with Crippen LogP contribution in [-0.2, 0) is 22.7 Å². The maximum Gasteiger partial charge on any atom is 0.424 e. The Balaban J connectivity index is 0.000000520. The van der Waals surface area contributed by atoms with Crippen molar-refractivity contribution in [2.45, 2.75) is 20.0 Å². The number of rotatable bonds is 1. The summed E-state index contributed by atoms with van der Waals surface area (Å²) in [5.41, 5.74) is 0.723. The lowest BCUT2D eigenvalue weighted by atomic mass is 9.83. The predicted molar refractivity (Wildman–Crippen MR) is 114 cm³/mol. The van der Waals surface area contributed by atoms with E-state index in [-0.39, 0.29) is 11.5 Å². The van der Waals surface area contributed by atoms with Crippen molar-refractivity contribution in [3.05, 3.63) is 35.9 Å². The second-order valence-corrected chi connectivity index (χ2v) is 21.2. The molecule has 0 spiro atoms. The lowest BCUT2D eigenvalue weighted by Gasteiger charge is -2.39. The van der Waals surface area contributed by atoms with Gasteiger partial charge in [-0.05, 0) is 73.0 Å². The van der Waals surface area contributed by atoms with E-state index in [1.165, 1.54) is 0 Å². The first kappa shape index (κ1) is 27.9. The molecule has 0 N–H and O–H groups in total. The van der Waals surface area contributed by atoms with Crippen molar-refractivity contribution in [1.82, 2.24) is 0 Å². The maximum atomic E-state index is 11.6. The van der Waals surface area contributed by atoms with Crippen molar-refractivity contribution >= 4 is 96.0 Å². The molecule has 15 heteroatoms. The topological polar surface area (TPSA) is 69.7 Å². The third kappa shape index (κ3) is 15.7. The van der Waals surface area contributed by atoms with E-state index in [0.29, 0.717) is 6.61 Å². The van der Waals surface area contributed by atoms with Crippen molar-refractivity contribution in [2.75, 3.05) is 6.61 Å². The van der Waals surface area contributed by atoms with Gasteiger partial charge in [-0.15, -0.1) is 0 Å². The van der Waals surface area contributed by atoms with Gasteiger partial charge < -0.3 is 0 Å². The first-order valence-electron chi connectivity index (χ1n) is 6.46. The van der Waals surface area contributed by atoms with E-state index in [2.05, 4.69) is 67.4 Å². The van der Waals surface area contributed by atoms with Crippen LogP contribution in [0, 0.1) is 5.41 Å². The molecule has 0 saturated carbocycles. The molecule has 1 fully saturated rings. The summed E-state index contributed by atoms with van der Waals surface area (Å²) in [6, 6.07) is 9.64. The van der Waals surface area contributed by atoms with E-state index in [9.17, 15) is 13.7 Å². The van der Waals surface area contributed by atoms with Crippen LogP contribution in [0.1, 0.15) is 25.5 Å². The Morgan fingerprint density at radius 1 is 1.00 bits per heavy atom. The summed E-state index contributed by atoms with van der Waals surface area (Å²) in [6.07, 6.45) is -0.300. The van der Waals surface area contributed by atoms with E-state index < -0.39 is 17.3 Å². The summed E-state index contributed by atoms with van der Waals surface area (Å²) in [5.74, 6) is 0. The van der Waals surface area contributed by atoms with Crippen LogP contribution in [0.25, 0.3) is 0 Å². The molecule has 152 valence electrons. The van der Waals surface area contributed by atoms with Crippen LogP contribution in [-0.4, -0.2) is 6.61 Å². The molecule has 1 aliphatic heterocycles. The molecule has 0 amide bonds. The van der Waals surface area contributed by atoms with Crippen molar-refractivity contribution in [3.8, 4) is 0 Å². The molecular formula is C11H14Cl7O5P3. The lowest BCUT2D eigenvalue weighted by Crippen LogP contribution is -2.32. The molecular weight excluding hydrogens is 553 g/mol. The highest BCUT2D eigenvalue weighted by Gasteiger charge is 2.44.